The fourth-order valence-corrected chi connectivity index (χ4v) is 2.38. The fraction of sp³-hybridized carbons (Fsp3) is 0.333. The molecule has 0 spiro atoms. The van der Waals surface area contributed by atoms with Gasteiger partial charge in [-0.3, -0.25) is 14.9 Å². The van der Waals surface area contributed by atoms with Crippen LogP contribution in [0.5, 0.6) is 0 Å². The second kappa shape index (κ2) is 5.37. The highest BCUT2D eigenvalue weighted by Gasteiger charge is 2.39. The number of carboxylic acid groups (broad SMARTS) is 1. The molecule has 0 radical (unpaired) electrons. The number of primary amides is 1. The van der Waals surface area contributed by atoms with Gasteiger partial charge >= 0.3 is 5.97 Å². The van der Waals surface area contributed by atoms with Gasteiger partial charge in [-0.25, -0.2) is 4.79 Å². The zero-order valence-electron chi connectivity index (χ0n) is 10.8. The quantitative estimate of drug-likeness (QED) is 0.511. The highest BCUT2D eigenvalue weighted by atomic mass is 16.6. The van der Waals surface area contributed by atoms with Gasteiger partial charge in [-0.15, -0.1) is 0 Å². The molecule has 21 heavy (non-hydrogen) atoms. The topological polar surface area (TPSA) is 147 Å². The monoisotopic (exact) mass is 295 g/mol. The third-order valence-electron chi connectivity index (χ3n) is 3.33. The molecule has 4 N–H and O–H groups in total. The molecule has 1 fully saturated rings. The molecule has 2 atom stereocenters. The fourth-order valence-electron chi connectivity index (χ4n) is 2.38. The van der Waals surface area contributed by atoms with Gasteiger partial charge in [0.1, 0.15) is 11.7 Å². The number of anilines is 1. The molecule has 1 aromatic rings. The van der Waals surface area contributed by atoms with E-state index < -0.39 is 28.9 Å². The van der Waals surface area contributed by atoms with Gasteiger partial charge in [0.15, 0.2) is 0 Å². The van der Waals surface area contributed by atoms with Crippen molar-refractivity contribution in [3.05, 3.63) is 33.9 Å². The van der Waals surface area contributed by atoms with Crippen LogP contribution in [0, 0.1) is 10.1 Å². The Balaban J connectivity index is 2.54. The Bertz CT molecular complexity index is 617. The van der Waals surface area contributed by atoms with Crippen molar-refractivity contribution in [1.82, 2.24) is 0 Å². The first-order valence-corrected chi connectivity index (χ1v) is 6.07. The van der Waals surface area contributed by atoms with E-state index in [-0.39, 0.29) is 29.9 Å². The number of hydrogen-bond donors (Lipinski definition) is 3. The standard InChI is InChI=1S/C12H13N3O6/c13-11(17)6-1-2-8(15(20)21)9(3-6)14-5-7(16)4-10(14)12(18)19/h1-3,7,10,16H,4-5H2,(H2,13,17)(H,18,19). The van der Waals surface area contributed by atoms with Gasteiger partial charge in [0.25, 0.3) is 5.69 Å². The summed E-state index contributed by atoms with van der Waals surface area (Å²) in [5, 5.41) is 29.8. The number of nitro groups is 1. The molecule has 1 heterocycles. The highest BCUT2D eigenvalue weighted by molar-refractivity contribution is 5.95. The first kappa shape index (κ1) is 14.7. The van der Waals surface area contributed by atoms with Crippen molar-refractivity contribution in [2.45, 2.75) is 18.6 Å². The van der Waals surface area contributed by atoms with Crippen LogP contribution in [0.4, 0.5) is 11.4 Å². The smallest absolute Gasteiger partial charge is 0.326 e. The van der Waals surface area contributed by atoms with Gasteiger partial charge in [-0.05, 0) is 12.1 Å². The molecule has 0 saturated carbocycles. The van der Waals surface area contributed by atoms with Crippen LogP contribution in [0.15, 0.2) is 18.2 Å². The maximum Gasteiger partial charge on any atom is 0.326 e. The number of carbonyl (C=O) groups is 2. The van der Waals surface area contributed by atoms with Gasteiger partial charge in [-0.1, -0.05) is 0 Å². The van der Waals surface area contributed by atoms with Crippen LogP contribution in [0.3, 0.4) is 0 Å². The summed E-state index contributed by atoms with van der Waals surface area (Å²) in [4.78, 5) is 34.0. The SMILES string of the molecule is NC(=O)c1ccc([N+](=O)[O-])c(N2CC(O)CC2C(=O)O)c1. The van der Waals surface area contributed by atoms with E-state index in [0.717, 1.165) is 6.07 Å². The Morgan fingerprint density at radius 1 is 1.43 bits per heavy atom. The Morgan fingerprint density at radius 3 is 2.62 bits per heavy atom. The minimum Gasteiger partial charge on any atom is -0.480 e. The number of benzene rings is 1. The van der Waals surface area contributed by atoms with Crippen LogP contribution in [0.1, 0.15) is 16.8 Å². The largest absolute Gasteiger partial charge is 0.480 e. The zero-order chi connectivity index (χ0) is 15.7. The average Bonchev–Trinajstić information content (AvgIpc) is 2.80. The zero-order valence-corrected chi connectivity index (χ0v) is 10.8. The third kappa shape index (κ3) is 2.77. The molecule has 1 amide bonds. The molecule has 1 saturated heterocycles. The number of hydrogen-bond acceptors (Lipinski definition) is 6. The summed E-state index contributed by atoms with van der Waals surface area (Å²) in [7, 11) is 0. The number of nitrogens with zero attached hydrogens (tertiary/aromatic N) is 2. The van der Waals surface area contributed by atoms with Crippen molar-refractivity contribution in [3.63, 3.8) is 0 Å². The number of aliphatic carboxylic acids is 1. The molecule has 1 aliphatic heterocycles. The normalized spacial score (nSPS) is 21.3. The maximum atomic E-state index is 11.2. The van der Waals surface area contributed by atoms with Crippen LogP contribution in [0.25, 0.3) is 0 Å². The molecule has 0 aliphatic carbocycles. The lowest BCUT2D eigenvalue weighted by atomic mass is 10.1. The van der Waals surface area contributed by atoms with Crippen LogP contribution in [-0.2, 0) is 4.79 Å². The van der Waals surface area contributed by atoms with Gasteiger partial charge in [-0.2, -0.15) is 0 Å². The number of rotatable bonds is 4. The van der Waals surface area contributed by atoms with E-state index in [9.17, 15) is 24.8 Å². The van der Waals surface area contributed by atoms with E-state index in [2.05, 4.69) is 0 Å². The van der Waals surface area contributed by atoms with Crippen LogP contribution in [0.2, 0.25) is 0 Å². The lowest BCUT2D eigenvalue weighted by Crippen LogP contribution is -2.36. The lowest BCUT2D eigenvalue weighted by Gasteiger charge is -2.23. The first-order chi connectivity index (χ1) is 9.81. The molecule has 9 heteroatoms. The summed E-state index contributed by atoms with van der Waals surface area (Å²) in [6, 6.07) is 2.38. The second-order valence-electron chi connectivity index (χ2n) is 4.72. The van der Waals surface area contributed by atoms with Crippen molar-refractivity contribution >= 4 is 23.3 Å². The van der Waals surface area contributed by atoms with Gasteiger partial charge in [0.05, 0.1) is 11.0 Å². The summed E-state index contributed by atoms with van der Waals surface area (Å²) in [6.07, 6.45) is -0.962. The summed E-state index contributed by atoms with van der Waals surface area (Å²) in [5.74, 6) is -1.98. The van der Waals surface area contributed by atoms with Crippen molar-refractivity contribution < 1.29 is 24.7 Å². The van der Waals surface area contributed by atoms with Crippen molar-refractivity contribution in [2.24, 2.45) is 5.73 Å². The van der Waals surface area contributed by atoms with E-state index in [0.29, 0.717) is 0 Å². The molecule has 1 aromatic carbocycles. The number of nitrogens with two attached hydrogens (primary N) is 1. The summed E-state index contributed by atoms with van der Waals surface area (Å²) in [6.45, 7) is -0.0694. The van der Waals surface area contributed by atoms with E-state index in [1.165, 1.54) is 17.0 Å². The first-order valence-electron chi connectivity index (χ1n) is 6.07. The average molecular weight is 295 g/mol. The van der Waals surface area contributed by atoms with E-state index in [1.807, 2.05) is 0 Å². The third-order valence-corrected chi connectivity index (χ3v) is 3.33. The Kier molecular flexibility index (Phi) is 3.76. The van der Waals surface area contributed by atoms with Crippen LogP contribution in [-0.4, -0.2) is 45.7 Å². The van der Waals surface area contributed by atoms with E-state index in [1.54, 1.807) is 0 Å². The van der Waals surface area contributed by atoms with Crippen molar-refractivity contribution in [2.75, 3.05) is 11.4 Å². The Labute approximate surface area is 118 Å². The lowest BCUT2D eigenvalue weighted by molar-refractivity contribution is -0.384. The summed E-state index contributed by atoms with van der Waals surface area (Å²) in [5.41, 5.74) is 4.78. The highest BCUT2D eigenvalue weighted by Crippen LogP contribution is 2.34. The van der Waals surface area contributed by atoms with Gasteiger partial charge < -0.3 is 20.8 Å². The Hall–Kier alpha value is -2.68. The minimum atomic E-state index is -1.20. The van der Waals surface area contributed by atoms with Gasteiger partial charge in [0.2, 0.25) is 5.91 Å². The van der Waals surface area contributed by atoms with Crippen molar-refractivity contribution in [3.8, 4) is 0 Å². The molecule has 2 unspecified atom stereocenters. The Morgan fingerprint density at radius 2 is 2.10 bits per heavy atom. The predicted octanol–water partition coefficient (Wildman–Crippen LogP) is -0.282. The van der Waals surface area contributed by atoms with E-state index in [4.69, 9.17) is 10.8 Å². The summed E-state index contributed by atoms with van der Waals surface area (Å²) < 4.78 is 0. The number of amides is 1. The number of β-amino-alcohol motifs (C(OH)–C–C–N with tert-alkyl or cyclic N) is 1. The van der Waals surface area contributed by atoms with Crippen LogP contribution >= 0.6 is 0 Å². The van der Waals surface area contributed by atoms with Crippen molar-refractivity contribution in [1.29, 1.82) is 0 Å². The van der Waals surface area contributed by atoms with Gasteiger partial charge in [0, 0.05) is 24.6 Å². The molecule has 0 bridgehead atoms. The number of aliphatic hydroxyl groups is 1. The second-order valence-corrected chi connectivity index (χ2v) is 4.72. The minimum absolute atomic E-state index is 0.0288. The van der Waals surface area contributed by atoms with E-state index >= 15 is 0 Å². The molecule has 1 aliphatic rings. The molecule has 2 rings (SSSR count). The number of carboxylic acids is 1. The summed E-state index contributed by atoms with van der Waals surface area (Å²) >= 11 is 0. The maximum absolute atomic E-state index is 11.2. The predicted molar refractivity (Wildman–Crippen MR) is 71.0 cm³/mol. The van der Waals surface area contributed by atoms with Crippen LogP contribution < -0.4 is 10.6 Å². The molecule has 112 valence electrons. The molecule has 0 aromatic heterocycles. The molecular formula is C12H13N3O6. The molecular weight excluding hydrogens is 282 g/mol. The number of carbonyl (C=O) groups excluding carboxylic acids is 1. The molecule has 9 nitrogen and oxygen atoms in total. The number of aliphatic hydroxyl groups excluding tert-OH is 1. The number of nitro benzene ring substituents is 1.